The average Bonchev–Trinajstić information content (AvgIpc) is 2.65. The Kier molecular flexibility index (Phi) is 4.78. The summed E-state index contributed by atoms with van der Waals surface area (Å²) in [6.07, 6.45) is 3.01. The number of aryl methyl sites for hydroxylation is 1. The molecule has 1 aromatic rings. The van der Waals surface area contributed by atoms with Crippen molar-refractivity contribution in [3.63, 3.8) is 0 Å². The zero-order valence-corrected chi connectivity index (χ0v) is 10.0. The minimum absolute atomic E-state index is 0.204. The molecule has 0 aromatic carbocycles. The zero-order valence-electron chi connectivity index (χ0n) is 10.0. The summed E-state index contributed by atoms with van der Waals surface area (Å²) in [6.45, 7) is 4.91. The molecule has 0 saturated carbocycles. The maximum atomic E-state index is 5.72. The van der Waals surface area contributed by atoms with Crippen molar-refractivity contribution >= 4 is 0 Å². The summed E-state index contributed by atoms with van der Waals surface area (Å²) < 4.78 is 7.61. The molecule has 4 heteroatoms. The number of nitrogens with zero attached hydrogens (tertiary/aromatic N) is 2. The summed E-state index contributed by atoms with van der Waals surface area (Å²) in [7, 11) is 3.91. The van der Waals surface area contributed by atoms with Gasteiger partial charge in [-0.05, 0) is 26.5 Å². The van der Waals surface area contributed by atoms with Gasteiger partial charge in [0.25, 0.3) is 0 Å². The number of aromatic nitrogens is 2. The van der Waals surface area contributed by atoms with Gasteiger partial charge in [0.15, 0.2) is 0 Å². The zero-order chi connectivity index (χ0) is 11.3. The number of rotatable bonds is 6. The third kappa shape index (κ3) is 2.79. The van der Waals surface area contributed by atoms with Crippen molar-refractivity contribution in [1.82, 2.24) is 15.1 Å². The Bertz CT molecular complexity index is 285. The van der Waals surface area contributed by atoms with Crippen LogP contribution in [0.2, 0.25) is 0 Å². The first-order chi connectivity index (χ1) is 7.24. The van der Waals surface area contributed by atoms with E-state index < -0.39 is 0 Å². The van der Waals surface area contributed by atoms with E-state index in [2.05, 4.69) is 17.3 Å². The van der Waals surface area contributed by atoms with Crippen molar-refractivity contribution in [1.29, 1.82) is 0 Å². The van der Waals surface area contributed by atoms with Crippen LogP contribution in [-0.4, -0.2) is 29.5 Å². The van der Waals surface area contributed by atoms with Crippen LogP contribution >= 0.6 is 0 Å². The highest BCUT2D eigenvalue weighted by atomic mass is 16.5. The maximum Gasteiger partial charge on any atom is 0.0782 e. The van der Waals surface area contributed by atoms with Crippen LogP contribution in [0.5, 0.6) is 0 Å². The van der Waals surface area contributed by atoms with Crippen molar-refractivity contribution in [2.45, 2.75) is 32.4 Å². The molecular formula is C11H21N3O. The highest BCUT2D eigenvalue weighted by molar-refractivity contribution is 5.08. The minimum Gasteiger partial charge on any atom is -0.376 e. The third-order valence-electron chi connectivity index (χ3n) is 2.64. The van der Waals surface area contributed by atoms with Gasteiger partial charge in [-0.25, -0.2) is 0 Å². The summed E-state index contributed by atoms with van der Waals surface area (Å²) in [6, 6.07) is 2.24. The van der Waals surface area contributed by atoms with Crippen molar-refractivity contribution in [3.8, 4) is 0 Å². The largest absolute Gasteiger partial charge is 0.376 e. The predicted molar refractivity (Wildman–Crippen MR) is 60.7 cm³/mol. The molecule has 2 atom stereocenters. The second-order valence-corrected chi connectivity index (χ2v) is 3.55. The van der Waals surface area contributed by atoms with E-state index in [1.807, 2.05) is 38.0 Å². The van der Waals surface area contributed by atoms with Crippen molar-refractivity contribution in [2.24, 2.45) is 7.05 Å². The van der Waals surface area contributed by atoms with Crippen LogP contribution in [0, 0.1) is 0 Å². The Balaban J connectivity index is 2.82. The second kappa shape index (κ2) is 5.88. The van der Waals surface area contributed by atoms with Crippen LogP contribution < -0.4 is 5.32 Å². The van der Waals surface area contributed by atoms with Gasteiger partial charge < -0.3 is 10.1 Å². The van der Waals surface area contributed by atoms with Crippen LogP contribution in [0.15, 0.2) is 12.3 Å². The smallest absolute Gasteiger partial charge is 0.0782 e. The van der Waals surface area contributed by atoms with Crippen molar-refractivity contribution in [3.05, 3.63) is 18.0 Å². The Hall–Kier alpha value is -0.870. The molecule has 1 aromatic heterocycles. The van der Waals surface area contributed by atoms with Gasteiger partial charge in [-0.3, -0.25) is 4.68 Å². The molecule has 86 valence electrons. The lowest BCUT2D eigenvalue weighted by atomic mass is 10.1. The van der Waals surface area contributed by atoms with Crippen LogP contribution in [-0.2, 0) is 11.8 Å². The van der Waals surface area contributed by atoms with Gasteiger partial charge >= 0.3 is 0 Å². The van der Waals surface area contributed by atoms with Crippen LogP contribution in [0.4, 0.5) is 0 Å². The molecule has 0 radical (unpaired) electrons. The van der Waals surface area contributed by atoms with Gasteiger partial charge in [-0.15, -0.1) is 0 Å². The molecule has 15 heavy (non-hydrogen) atoms. The SMILES string of the molecule is CCOC(CC)C(NC)c1ccnn1C. The first-order valence-corrected chi connectivity index (χ1v) is 5.51. The van der Waals surface area contributed by atoms with E-state index in [1.54, 1.807) is 0 Å². The van der Waals surface area contributed by atoms with E-state index in [0.717, 1.165) is 18.7 Å². The second-order valence-electron chi connectivity index (χ2n) is 3.55. The van der Waals surface area contributed by atoms with Crippen molar-refractivity contribution < 1.29 is 4.74 Å². The lowest BCUT2D eigenvalue weighted by Crippen LogP contribution is -2.32. The predicted octanol–water partition coefficient (Wildman–Crippen LogP) is 1.50. The minimum atomic E-state index is 0.204. The molecule has 0 spiro atoms. The van der Waals surface area contributed by atoms with E-state index in [0.29, 0.717) is 0 Å². The fourth-order valence-electron chi connectivity index (χ4n) is 1.88. The Labute approximate surface area is 91.6 Å². The number of hydrogen-bond donors (Lipinski definition) is 1. The average molecular weight is 211 g/mol. The van der Waals surface area contributed by atoms with E-state index in [1.165, 1.54) is 0 Å². The van der Waals surface area contributed by atoms with E-state index in [-0.39, 0.29) is 12.1 Å². The lowest BCUT2D eigenvalue weighted by Gasteiger charge is -2.25. The maximum absolute atomic E-state index is 5.72. The fourth-order valence-corrected chi connectivity index (χ4v) is 1.88. The van der Waals surface area contributed by atoms with Gasteiger partial charge in [0.05, 0.1) is 17.8 Å². The third-order valence-corrected chi connectivity index (χ3v) is 2.64. The quantitative estimate of drug-likeness (QED) is 0.775. The van der Waals surface area contributed by atoms with E-state index in [9.17, 15) is 0 Å². The normalized spacial score (nSPS) is 15.2. The highest BCUT2D eigenvalue weighted by Gasteiger charge is 2.22. The van der Waals surface area contributed by atoms with Crippen molar-refractivity contribution in [2.75, 3.05) is 13.7 Å². The van der Waals surface area contributed by atoms with Gasteiger partial charge in [-0.2, -0.15) is 5.10 Å². The molecular weight excluding hydrogens is 190 g/mol. The number of hydrogen-bond acceptors (Lipinski definition) is 3. The summed E-state index contributed by atoms with van der Waals surface area (Å²) in [5, 5.41) is 7.48. The standard InChI is InChI=1S/C11H21N3O/c1-5-10(15-6-2)11(12-3)9-7-8-13-14(9)4/h7-8,10-12H,5-6H2,1-4H3. The number of likely N-dealkylation sites (N-methyl/N-ethyl adjacent to an activating group) is 1. The molecule has 1 rings (SSSR count). The summed E-state index contributed by atoms with van der Waals surface area (Å²) in [4.78, 5) is 0. The Morgan fingerprint density at radius 1 is 1.53 bits per heavy atom. The summed E-state index contributed by atoms with van der Waals surface area (Å²) >= 11 is 0. The first-order valence-electron chi connectivity index (χ1n) is 5.51. The van der Waals surface area contributed by atoms with Gasteiger partial charge in [-0.1, -0.05) is 6.92 Å². The molecule has 0 aliphatic heterocycles. The van der Waals surface area contributed by atoms with Crippen LogP contribution in [0.3, 0.4) is 0 Å². The first kappa shape index (κ1) is 12.2. The molecule has 4 nitrogen and oxygen atoms in total. The van der Waals surface area contributed by atoms with Gasteiger partial charge in [0, 0.05) is 19.9 Å². The van der Waals surface area contributed by atoms with Crippen LogP contribution in [0.25, 0.3) is 0 Å². The lowest BCUT2D eigenvalue weighted by molar-refractivity contribution is 0.0314. The van der Waals surface area contributed by atoms with Gasteiger partial charge in [0.1, 0.15) is 0 Å². The fraction of sp³-hybridized carbons (Fsp3) is 0.727. The number of nitrogens with one attached hydrogen (secondary N) is 1. The molecule has 0 aliphatic rings. The molecule has 0 aliphatic carbocycles. The van der Waals surface area contributed by atoms with Gasteiger partial charge in [0.2, 0.25) is 0 Å². The Morgan fingerprint density at radius 2 is 2.27 bits per heavy atom. The summed E-state index contributed by atoms with van der Waals surface area (Å²) in [5.74, 6) is 0. The molecule has 0 amide bonds. The molecule has 0 saturated heterocycles. The molecule has 0 bridgehead atoms. The summed E-state index contributed by atoms with van der Waals surface area (Å²) in [5.41, 5.74) is 1.16. The van der Waals surface area contributed by atoms with E-state index >= 15 is 0 Å². The molecule has 2 unspecified atom stereocenters. The monoisotopic (exact) mass is 211 g/mol. The van der Waals surface area contributed by atoms with Crippen LogP contribution in [0.1, 0.15) is 32.0 Å². The number of ether oxygens (including phenoxy) is 1. The topological polar surface area (TPSA) is 39.1 Å². The van der Waals surface area contributed by atoms with E-state index in [4.69, 9.17) is 4.74 Å². The molecule has 1 heterocycles. The molecule has 1 N–H and O–H groups in total. The highest BCUT2D eigenvalue weighted by Crippen LogP contribution is 2.20. The Morgan fingerprint density at radius 3 is 2.67 bits per heavy atom. The molecule has 0 fully saturated rings.